The van der Waals surface area contributed by atoms with Gasteiger partial charge in [-0.2, -0.15) is 4.31 Å². The van der Waals surface area contributed by atoms with E-state index in [2.05, 4.69) is 6.92 Å². The van der Waals surface area contributed by atoms with Crippen molar-refractivity contribution >= 4 is 15.7 Å². The first-order chi connectivity index (χ1) is 8.73. The second-order valence-electron chi connectivity index (χ2n) is 5.73. The predicted octanol–water partition coefficient (Wildman–Crippen LogP) is 2.30. The van der Waals surface area contributed by atoms with E-state index in [9.17, 15) is 8.42 Å². The maximum Gasteiger partial charge on any atom is 0.243 e. The number of hydrogen-bond acceptors (Lipinski definition) is 3. The first-order valence-corrected chi connectivity index (χ1v) is 8.06. The van der Waals surface area contributed by atoms with E-state index < -0.39 is 10.0 Å². The average molecular weight is 282 g/mol. The fraction of sp³-hybridized carbons (Fsp3) is 0.571. The van der Waals surface area contributed by atoms with Crippen LogP contribution < -0.4 is 5.73 Å². The van der Waals surface area contributed by atoms with E-state index in [0.717, 1.165) is 17.5 Å². The quantitative estimate of drug-likeness (QED) is 0.847. The van der Waals surface area contributed by atoms with E-state index in [4.69, 9.17) is 5.73 Å². The van der Waals surface area contributed by atoms with Crippen LogP contribution in [0.4, 0.5) is 5.69 Å². The summed E-state index contributed by atoms with van der Waals surface area (Å²) in [5, 5.41) is 0. The van der Waals surface area contributed by atoms with Crippen molar-refractivity contribution < 1.29 is 8.42 Å². The lowest BCUT2D eigenvalue weighted by Crippen LogP contribution is -2.34. The minimum absolute atomic E-state index is 0.0566. The summed E-state index contributed by atoms with van der Waals surface area (Å²) in [7, 11) is -3.44. The molecular weight excluding hydrogens is 260 g/mol. The molecule has 0 aliphatic carbocycles. The number of nitrogens with zero attached hydrogens (tertiary/aromatic N) is 1. The summed E-state index contributed by atoms with van der Waals surface area (Å²) in [4.78, 5) is 0.353. The summed E-state index contributed by atoms with van der Waals surface area (Å²) >= 11 is 0. The summed E-state index contributed by atoms with van der Waals surface area (Å²) in [5.74, 6) is 0.409. The van der Waals surface area contributed by atoms with Crippen molar-refractivity contribution in [2.75, 3.05) is 12.3 Å². The van der Waals surface area contributed by atoms with Gasteiger partial charge < -0.3 is 5.73 Å². The van der Waals surface area contributed by atoms with Crippen molar-refractivity contribution in [2.24, 2.45) is 5.92 Å². The van der Waals surface area contributed by atoms with Gasteiger partial charge in [-0.25, -0.2) is 8.42 Å². The van der Waals surface area contributed by atoms with Gasteiger partial charge in [0.05, 0.1) is 4.90 Å². The Morgan fingerprint density at radius 1 is 1.26 bits per heavy atom. The summed E-state index contributed by atoms with van der Waals surface area (Å²) in [6.45, 7) is 8.38. The largest absolute Gasteiger partial charge is 0.399 e. The van der Waals surface area contributed by atoms with Crippen molar-refractivity contribution in [3.05, 3.63) is 23.3 Å². The summed E-state index contributed by atoms with van der Waals surface area (Å²) in [6, 6.07) is 3.44. The predicted molar refractivity (Wildman–Crippen MR) is 77.5 cm³/mol. The molecule has 0 bridgehead atoms. The molecule has 1 aromatic carbocycles. The van der Waals surface area contributed by atoms with Crippen LogP contribution in [0, 0.1) is 19.8 Å². The summed E-state index contributed by atoms with van der Waals surface area (Å²) in [5.41, 5.74) is 8.01. The molecule has 1 fully saturated rings. The third-order valence-electron chi connectivity index (χ3n) is 3.96. The maximum absolute atomic E-state index is 12.8. The van der Waals surface area contributed by atoms with Gasteiger partial charge in [0.2, 0.25) is 10.0 Å². The fourth-order valence-electron chi connectivity index (χ4n) is 2.84. The standard InChI is InChI=1S/C14H22N2O2S/c1-9-5-11(3)16(8-9)19(17,18)14-7-13(15)6-10(2)12(14)4/h6-7,9,11H,5,8,15H2,1-4H3. The molecule has 2 rings (SSSR count). The van der Waals surface area contributed by atoms with Crippen LogP contribution in [0.25, 0.3) is 0 Å². The molecule has 0 amide bonds. The van der Waals surface area contributed by atoms with Gasteiger partial charge in [0.15, 0.2) is 0 Å². The van der Waals surface area contributed by atoms with Gasteiger partial charge in [-0.05, 0) is 56.4 Å². The topological polar surface area (TPSA) is 63.4 Å². The van der Waals surface area contributed by atoms with Gasteiger partial charge in [0, 0.05) is 18.3 Å². The van der Waals surface area contributed by atoms with Gasteiger partial charge in [-0.15, -0.1) is 0 Å². The van der Waals surface area contributed by atoms with Crippen LogP contribution >= 0.6 is 0 Å². The Labute approximate surface area is 115 Å². The number of benzene rings is 1. The van der Waals surface area contributed by atoms with Gasteiger partial charge in [-0.1, -0.05) is 6.92 Å². The van der Waals surface area contributed by atoms with E-state index in [1.54, 1.807) is 10.4 Å². The lowest BCUT2D eigenvalue weighted by molar-refractivity contribution is 0.405. The number of anilines is 1. The second-order valence-corrected chi connectivity index (χ2v) is 7.58. The Balaban J connectivity index is 2.52. The molecule has 0 saturated carbocycles. The molecule has 1 aliphatic heterocycles. The minimum Gasteiger partial charge on any atom is -0.399 e. The molecule has 2 N–H and O–H groups in total. The Kier molecular flexibility index (Phi) is 3.62. The highest BCUT2D eigenvalue weighted by atomic mass is 32.2. The van der Waals surface area contributed by atoms with Gasteiger partial charge in [0.1, 0.15) is 0 Å². The first kappa shape index (κ1) is 14.3. The average Bonchev–Trinajstić information content (AvgIpc) is 2.63. The molecule has 0 spiro atoms. The van der Waals surface area contributed by atoms with Crippen LogP contribution in [-0.4, -0.2) is 25.3 Å². The Hall–Kier alpha value is -1.07. The first-order valence-electron chi connectivity index (χ1n) is 6.62. The van der Waals surface area contributed by atoms with Crippen molar-refractivity contribution in [2.45, 2.75) is 45.1 Å². The normalized spacial score (nSPS) is 24.8. The van der Waals surface area contributed by atoms with Gasteiger partial charge in [0.25, 0.3) is 0 Å². The zero-order valence-corrected chi connectivity index (χ0v) is 12.8. The summed E-state index contributed by atoms with van der Waals surface area (Å²) < 4.78 is 27.2. The lowest BCUT2D eigenvalue weighted by Gasteiger charge is -2.23. The number of aryl methyl sites for hydroxylation is 1. The van der Waals surface area contributed by atoms with Crippen molar-refractivity contribution in [1.29, 1.82) is 0 Å². The molecule has 0 radical (unpaired) electrons. The molecule has 2 atom stereocenters. The van der Waals surface area contributed by atoms with E-state index in [0.29, 0.717) is 23.0 Å². The highest BCUT2D eigenvalue weighted by Crippen LogP contribution is 2.32. The Morgan fingerprint density at radius 2 is 1.89 bits per heavy atom. The van der Waals surface area contributed by atoms with Crippen LogP contribution in [0.15, 0.2) is 17.0 Å². The zero-order valence-electron chi connectivity index (χ0n) is 12.0. The SMILES string of the molecule is Cc1cc(N)cc(S(=O)(=O)N2CC(C)CC2C)c1C. The molecule has 2 unspecified atom stereocenters. The molecule has 5 heteroatoms. The number of nitrogen functional groups attached to an aromatic ring is 1. The van der Waals surface area contributed by atoms with Crippen molar-refractivity contribution in [1.82, 2.24) is 4.31 Å². The molecule has 1 aliphatic rings. The van der Waals surface area contributed by atoms with Crippen LogP contribution in [-0.2, 0) is 10.0 Å². The molecular formula is C14H22N2O2S. The molecule has 1 saturated heterocycles. The molecule has 106 valence electrons. The van der Waals surface area contributed by atoms with Gasteiger partial charge >= 0.3 is 0 Å². The minimum atomic E-state index is -3.44. The summed E-state index contributed by atoms with van der Waals surface area (Å²) in [6.07, 6.45) is 0.916. The van der Waals surface area contributed by atoms with Crippen molar-refractivity contribution in [3.63, 3.8) is 0 Å². The van der Waals surface area contributed by atoms with E-state index in [-0.39, 0.29) is 6.04 Å². The Bertz CT molecular complexity index is 596. The lowest BCUT2D eigenvalue weighted by atomic mass is 10.1. The van der Waals surface area contributed by atoms with E-state index in [1.807, 2.05) is 26.8 Å². The third kappa shape index (κ3) is 2.49. The number of hydrogen-bond donors (Lipinski definition) is 1. The monoisotopic (exact) mass is 282 g/mol. The number of rotatable bonds is 2. The third-order valence-corrected chi connectivity index (χ3v) is 6.06. The van der Waals surface area contributed by atoms with Crippen LogP contribution in [0.3, 0.4) is 0 Å². The number of sulfonamides is 1. The van der Waals surface area contributed by atoms with Crippen LogP contribution in [0.5, 0.6) is 0 Å². The zero-order chi connectivity index (χ0) is 14.4. The molecule has 19 heavy (non-hydrogen) atoms. The Morgan fingerprint density at radius 3 is 2.42 bits per heavy atom. The molecule has 1 heterocycles. The maximum atomic E-state index is 12.8. The van der Waals surface area contributed by atoms with E-state index >= 15 is 0 Å². The number of nitrogens with two attached hydrogens (primary N) is 1. The van der Waals surface area contributed by atoms with E-state index in [1.165, 1.54) is 0 Å². The second kappa shape index (κ2) is 4.80. The highest BCUT2D eigenvalue weighted by molar-refractivity contribution is 7.89. The highest BCUT2D eigenvalue weighted by Gasteiger charge is 2.36. The smallest absolute Gasteiger partial charge is 0.243 e. The molecule has 4 nitrogen and oxygen atoms in total. The van der Waals surface area contributed by atoms with Crippen LogP contribution in [0.2, 0.25) is 0 Å². The van der Waals surface area contributed by atoms with Gasteiger partial charge in [-0.3, -0.25) is 0 Å². The van der Waals surface area contributed by atoms with Crippen LogP contribution in [0.1, 0.15) is 31.4 Å². The fourth-order valence-corrected chi connectivity index (χ4v) is 4.94. The molecule has 0 aromatic heterocycles. The van der Waals surface area contributed by atoms with Crippen molar-refractivity contribution in [3.8, 4) is 0 Å². The molecule has 1 aromatic rings.